The maximum atomic E-state index is 6.09. The number of rotatable bonds is 31. The first-order chi connectivity index (χ1) is 22.7. The van der Waals surface area contributed by atoms with E-state index in [2.05, 4.69) is 42.8 Å². The van der Waals surface area contributed by atoms with Crippen LogP contribution in [0.4, 0.5) is 0 Å². The van der Waals surface area contributed by atoms with E-state index in [1.54, 1.807) is 23.5 Å². The van der Waals surface area contributed by atoms with Crippen LogP contribution in [0.1, 0.15) is 155 Å². The minimum atomic E-state index is 0.513. The highest BCUT2D eigenvalue weighted by molar-refractivity contribution is 7.99. The maximum absolute atomic E-state index is 6.09. The normalized spacial score (nSPS) is 14.5. The first-order valence-corrected chi connectivity index (χ1v) is 21.4. The maximum Gasteiger partial charge on any atom is 0.321 e. The predicted octanol–water partition coefficient (Wildman–Crippen LogP) is 10.9. The molecule has 0 aliphatic carbocycles. The second kappa shape index (κ2) is 30.2. The topological polar surface area (TPSA) is 54.4 Å². The smallest absolute Gasteiger partial charge is 0.321 e. The van der Waals surface area contributed by atoms with Crippen LogP contribution in [0, 0.1) is 0 Å². The van der Waals surface area contributed by atoms with Crippen LogP contribution in [-0.4, -0.2) is 82.6 Å². The summed E-state index contributed by atoms with van der Waals surface area (Å²) < 4.78 is 6.09. The fourth-order valence-corrected chi connectivity index (χ4v) is 7.48. The van der Waals surface area contributed by atoms with Crippen molar-refractivity contribution < 1.29 is 4.74 Å². The van der Waals surface area contributed by atoms with Crippen molar-refractivity contribution in [1.29, 1.82) is 0 Å². The molecule has 0 bridgehead atoms. The van der Waals surface area contributed by atoms with Crippen LogP contribution in [0.25, 0.3) is 0 Å². The van der Waals surface area contributed by atoms with Gasteiger partial charge >= 0.3 is 6.01 Å². The zero-order valence-corrected chi connectivity index (χ0v) is 32.0. The molecule has 2 rings (SSSR count). The van der Waals surface area contributed by atoms with Crippen molar-refractivity contribution >= 4 is 23.5 Å². The van der Waals surface area contributed by atoms with Gasteiger partial charge in [-0.1, -0.05) is 146 Å². The van der Waals surface area contributed by atoms with Crippen molar-refractivity contribution in [2.75, 3.05) is 57.9 Å². The molecule has 1 aliphatic rings. The fraction of sp³-hybridized carbons (Fsp3) is 0.868. The van der Waals surface area contributed by atoms with Gasteiger partial charge in [0.2, 0.25) is 0 Å². The molecule has 1 aromatic rings. The number of ether oxygens (including phenoxy) is 1. The minimum absolute atomic E-state index is 0.513. The van der Waals surface area contributed by atoms with E-state index in [1.165, 1.54) is 135 Å². The number of likely N-dealkylation sites (N-methyl/N-ethyl adjacent to an activating group) is 1. The average Bonchev–Trinajstić information content (AvgIpc) is 3.06. The lowest BCUT2D eigenvalue weighted by molar-refractivity contribution is 0.144. The molecule has 0 aromatic carbocycles. The Kier molecular flexibility index (Phi) is 27.2. The molecule has 0 N–H and O–H groups in total. The Balaban J connectivity index is 1.61. The molecule has 266 valence electrons. The molecule has 6 nitrogen and oxygen atoms in total. The van der Waals surface area contributed by atoms with Crippen molar-refractivity contribution in [1.82, 2.24) is 24.8 Å². The van der Waals surface area contributed by atoms with Crippen molar-refractivity contribution in [2.24, 2.45) is 0 Å². The molecule has 0 saturated carbocycles. The van der Waals surface area contributed by atoms with Crippen LogP contribution in [0.15, 0.2) is 22.5 Å². The highest BCUT2D eigenvalue weighted by atomic mass is 32.2. The molecule has 1 aliphatic heterocycles. The Morgan fingerprint density at radius 1 is 0.565 bits per heavy atom. The second-order valence-corrected chi connectivity index (χ2v) is 15.4. The second-order valence-electron chi connectivity index (χ2n) is 13.3. The van der Waals surface area contributed by atoms with Crippen LogP contribution in [0.2, 0.25) is 0 Å². The van der Waals surface area contributed by atoms with E-state index >= 15 is 0 Å². The summed E-state index contributed by atoms with van der Waals surface area (Å²) in [6.45, 7) is 10.9. The summed E-state index contributed by atoms with van der Waals surface area (Å²) >= 11 is 3.55. The highest BCUT2D eigenvalue weighted by Gasteiger charge is 2.14. The van der Waals surface area contributed by atoms with Crippen LogP contribution >= 0.6 is 23.5 Å². The summed E-state index contributed by atoms with van der Waals surface area (Å²) in [7, 11) is 2.21. The van der Waals surface area contributed by atoms with Crippen molar-refractivity contribution in [3.63, 3.8) is 0 Å². The Labute approximate surface area is 293 Å². The van der Waals surface area contributed by atoms with Gasteiger partial charge in [-0.05, 0) is 52.0 Å². The molecule has 0 radical (unpaired) electrons. The zero-order valence-electron chi connectivity index (χ0n) is 30.3. The number of aromatic nitrogens is 3. The number of unbranched alkanes of at least 4 members (excludes halogenated alkanes) is 18. The number of allylic oxidation sites excluding steroid dienone is 2. The third kappa shape index (κ3) is 23.5. The summed E-state index contributed by atoms with van der Waals surface area (Å²) in [6.07, 6.45) is 33.9. The van der Waals surface area contributed by atoms with Crippen LogP contribution < -0.4 is 4.74 Å². The first kappa shape index (κ1) is 41.3. The number of hydrogen-bond acceptors (Lipinski definition) is 8. The number of nitrogens with zero attached hydrogens (tertiary/aromatic N) is 5. The highest BCUT2D eigenvalue weighted by Crippen LogP contribution is 2.24. The van der Waals surface area contributed by atoms with Gasteiger partial charge in [-0.2, -0.15) is 15.0 Å². The molecule has 46 heavy (non-hydrogen) atoms. The largest absolute Gasteiger partial charge is 0.463 e. The van der Waals surface area contributed by atoms with Gasteiger partial charge in [0, 0.05) is 44.2 Å². The Hall–Kier alpha value is -0.830. The molecule has 1 fully saturated rings. The monoisotopic (exact) mass is 678 g/mol. The van der Waals surface area contributed by atoms with Crippen molar-refractivity contribution in [3.05, 3.63) is 12.2 Å². The molecule has 0 spiro atoms. The van der Waals surface area contributed by atoms with Gasteiger partial charge < -0.3 is 14.5 Å². The van der Waals surface area contributed by atoms with Gasteiger partial charge in [-0.3, -0.25) is 0 Å². The summed E-state index contributed by atoms with van der Waals surface area (Å²) in [4.78, 5) is 19.2. The SMILES string of the molecule is CCCCCCCC/C=C\CCCCCCCCSc1nc(OCCCN2CCN(C)CC2)nc(SCCCCCCCCC)n1. The predicted molar refractivity (Wildman–Crippen MR) is 203 cm³/mol. The number of thioether (sulfide) groups is 2. The van der Waals surface area contributed by atoms with Gasteiger partial charge in [0.25, 0.3) is 0 Å². The zero-order chi connectivity index (χ0) is 32.8. The summed E-state index contributed by atoms with van der Waals surface area (Å²) in [5, 5.41) is 1.66. The molecule has 8 heteroatoms. The minimum Gasteiger partial charge on any atom is -0.463 e. The molecule has 0 unspecified atom stereocenters. The number of piperazine rings is 1. The summed E-state index contributed by atoms with van der Waals surface area (Å²) in [5.74, 6) is 2.13. The summed E-state index contributed by atoms with van der Waals surface area (Å²) in [6, 6.07) is 0.513. The molecule has 0 atom stereocenters. The van der Waals surface area contributed by atoms with E-state index in [4.69, 9.17) is 19.7 Å². The average molecular weight is 678 g/mol. The first-order valence-electron chi connectivity index (χ1n) is 19.4. The van der Waals surface area contributed by atoms with Crippen molar-refractivity contribution in [3.8, 4) is 6.01 Å². The lowest BCUT2D eigenvalue weighted by Crippen LogP contribution is -2.44. The van der Waals surface area contributed by atoms with Gasteiger partial charge in [-0.15, -0.1) is 0 Å². The number of hydrogen-bond donors (Lipinski definition) is 0. The van der Waals surface area contributed by atoms with Crippen LogP contribution in [0.5, 0.6) is 6.01 Å². The molecule has 0 amide bonds. The van der Waals surface area contributed by atoms with E-state index in [-0.39, 0.29) is 0 Å². The van der Waals surface area contributed by atoms with Gasteiger partial charge in [0.05, 0.1) is 6.61 Å². The fourth-order valence-electron chi connectivity index (χ4n) is 5.77. The summed E-state index contributed by atoms with van der Waals surface area (Å²) in [5.41, 5.74) is 0. The molecular weight excluding hydrogens is 607 g/mol. The van der Waals surface area contributed by atoms with E-state index in [0.717, 1.165) is 61.0 Å². The third-order valence-corrected chi connectivity index (χ3v) is 10.8. The Morgan fingerprint density at radius 2 is 1.02 bits per heavy atom. The van der Waals surface area contributed by atoms with Crippen LogP contribution in [0.3, 0.4) is 0 Å². The van der Waals surface area contributed by atoms with E-state index in [0.29, 0.717) is 12.6 Å². The molecule has 2 heterocycles. The van der Waals surface area contributed by atoms with Crippen LogP contribution in [-0.2, 0) is 0 Å². The van der Waals surface area contributed by atoms with Gasteiger partial charge in [0.15, 0.2) is 10.3 Å². The van der Waals surface area contributed by atoms with Gasteiger partial charge in [-0.25, -0.2) is 0 Å². The third-order valence-electron chi connectivity index (χ3n) is 8.89. The molecule has 1 aromatic heterocycles. The van der Waals surface area contributed by atoms with E-state index in [1.807, 2.05) is 0 Å². The Morgan fingerprint density at radius 3 is 1.52 bits per heavy atom. The molecular formula is C38H71N5OS2. The molecule has 1 saturated heterocycles. The quantitative estimate of drug-likeness (QED) is 0.0437. The lowest BCUT2D eigenvalue weighted by atomic mass is 10.1. The van der Waals surface area contributed by atoms with Gasteiger partial charge in [0.1, 0.15) is 0 Å². The lowest BCUT2D eigenvalue weighted by Gasteiger charge is -2.32. The standard InChI is InChI=1S/C38H71N5OS2/c1-4-6-8-10-12-13-14-15-16-17-18-19-20-22-24-26-35-46-38-40-36(44-33-27-28-43-31-29-42(3)30-32-43)39-37(41-38)45-34-25-23-21-11-9-7-5-2/h15-16H,4-14,17-35H2,1-3H3/b16-15-. The Bertz CT molecular complexity index is 850. The van der Waals surface area contributed by atoms with E-state index < -0.39 is 0 Å². The van der Waals surface area contributed by atoms with Crippen molar-refractivity contribution in [2.45, 2.75) is 165 Å². The van der Waals surface area contributed by atoms with E-state index in [9.17, 15) is 0 Å².